The molecule has 314 valence electrons. The molecule has 0 aromatic rings. The summed E-state index contributed by atoms with van der Waals surface area (Å²) < 4.78 is 16.7. The van der Waals surface area contributed by atoms with E-state index >= 15 is 0 Å². The zero-order chi connectivity index (χ0) is 39.0. The fourth-order valence-corrected chi connectivity index (χ4v) is 6.90. The van der Waals surface area contributed by atoms with Gasteiger partial charge in [0, 0.05) is 19.3 Å². The summed E-state index contributed by atoms with van der Waals surface area (Å²) in [5.74, 6) is 0.787. The number of carbonyl (C=O) groups is 3. The number of esters is 3. The van der Waals surface area contributed by atoms with Gasteiger partial charge < -0.3 is 14.2 Å². The molecule has 0 rings (SSSR count). The highest BCUT2D eigenvalue weighted by Crippen LogP contribution is 2.17. The van der Waals surface area contributed by atoms with Gasteiger partial charge in [-0.15, -0.1) is 0 Å². The van der Waals surface area contributed by atoms with Crippen LogP contribution in [-0.2, 0) is 28.6 Å². The van der Waals surface area contributed by atoms with Gasteiger partial charge in [0.2, 0.25) is 0 Å². The molecule has 0 aromatic heterocycles. The van der Waals surface area contributed by atoms with Gasteiger partial charge >= 0.3 is 17.9 Å². The van der Waals surface area contributed by atoms with E-state index in [9.17, 15) is 14.4 Å². The summed E-state index contributed by atoms with van der Waals surface area (Å²) in [4.78, 5) is 37.7. The van der Waals surface area contributed by atoms with E-state index in [-0.39, 0.29) is 31.1 Å². The molecular weight excluding hydrogens is 661 g/mol. The van der Waals surface area contributed by atoms with Crippen LogP contribution in [0.5, 0.6) is 0 Å². The zero-order valence-electron chi connectivity index (χ0n) is 36.1. The van der Waals surface area contributed by atoms with Crippen LogP contribution >= 0.6 is 0 Å². The van der Waals surface area contributed by atoms with E-state index in [0.29, 0.717) is 19.3 Å². The van der Waals surface area contributed by atoms with Gasteiger partial charge in [0.15, 0.2) is 6.10 Å². The minimum absolute atomic E-state index is 0.0653. The van der Waals surface area contributed by atoms with Crippen LogP contribution in [0.4, 0.5) is 0 Å². The van der Waals surface area contributed by atoms with E-state index in [1.165, 1.54) is 141 Å². The smallest absolute Gasteiger partial charge is 0.306 e. The molecule has 0 spiro atoms. The molecule has 1 unspecified atom stereocenters. The van der Waals surface area contributed by atoms with Gasteiger partial charge in [-0.2, -0.15) is 0 Å². The third-order valence-corrected chi connectivity index (χ3v) is 10.8. The summed E-state index contributed by atoms with van der Waals surface area (Å²) in [5, 5.41) is 0. The first-order valence-corrected chi connectivity index (χ1v) is 23.3. The van der Waals surface area contributed by atoms with Crippen LogP contribution in [0.25, 0.3) is 0 Å². The van der Waals surface area contributed by atoms with Crippen LogP contribution in [-0.4, -0.2) is 37.2 Å². The van der Waals surface area contributed by atoms with Crippen molar-refractivity contribution in [2.24, 2.45) is 11.8 Å². The Morgan fingerprint density at radius 1 is 0.396 bits per heavy atom. The largest absolute Gasteiger partial charge is 0.462 e. The van der Waals surface area contributed by atoms with Crippen molar-refractivity contribution >= 4 is 17.9 Å². The lowest BCUT2D eigenvalue weighted by Gasteiger charge is -2.18. The maximum absolute atomic E-state index is 12.7. The van der Waals surface area contributed by atoms with Crippen molar-refractivity contribution in [2.75, 3.05) is 13.2 Å². The quantitative estimate of drug-likeness (QED) is 0.0352. The Morgan fingerprint density at radius 3 is 1.08 bits per heavy atom. The lowest BCUT2D eigenvalue weighted by molar-refractivity contribution is -0.167. The lowest BCUT2D eigenvalue weighted by Crippen LogP contribution is -2.30. The van der Waals surface area contributed by atoms with Crippen LogP contribution in [0.15, 0.2) is 0 Å². The molecule has 0 aliphatic carbocycles. The molecule has 0 aliphatic rings. The number of hydrogen-bond acceptors (Lipinski definition) is 6. The van der Waals surface area contributed by atoms with Crippen molar-refractivity contribution in [3.8, 4) is 0 Å². The Kier molecular flexibility index (Phi) is 38.9. The molecule has 6 heteroatoms. The maximum Gasteiger partial charge on any atom is 0.306 e. The number of rotatable bonds is 41. The average Bonchev–Trinajstić information content (AvgIpc) is 3.14. The summed E-state index contributed by atoms with van der Waals surface area (Å²) >= 11 is 0. The van der Waals surface area contributed by atoms with Crippen LogP contribution in [0, 0.1) is 11.8 Å². The Morgan fingerprint density at radius 2 is 0.717 bits per heavy atom. The highest BCUT2D eigenvalue weighted by molar-refractivity contribution is 5.71. The molecule has 0 aromatic carbocycles. The predicted octanol–water partition coefficient (Wildman–Crippen LogP) is 14.6. The standard InChI is InChI=1S/C47H90O6/c1-6-8-9-10-11-12-18-21-27-32-37-45(48)51-40-44(41-52-46(49)38-33-28-24-23-26-31-36-43(5)7-2)53-47(50)39-34-29-22-19-16-14-13-15-17-20-25-30-35-42(3)4/h42-44H,6-41H2,1-5H3/t43?,44-/m0/s1. The second-order valence-electron chi connectivity index (χ2n) is 16.8. The van der Waals surface area contributed by atoms with Gasteiger partial charge in [0.1, 0.15) is 13.2 Å². The minimum Gasteiger partial charge on any atom is -0.462 e. The van der Waals surface area contributed by atoms with E-state index < -0.39 is 6.10 Å². The third kappa shape index (κ3) is 39.9. The normalized spacial score (nSPS) is 12.6. The van der Waals surface area contributed by atoms with Crippen LogP contribution in [0.3, 0.4) is 0 Å². The molecule has 0 N–H and O–H groups in total. The van der Waals surface area contributed by atoms with E-state index in [1.54, 1.807) is 0 Å². The van der Waals surface area contributed by atoms with Gasteiger partial charge in [-0.3, -0.25) is 14.4 Å². The lowest BCUT2D eigenvalue weighted by atomic mass is 10.00. The van der Waals surface area contributed by atoms with Gasteiger partial charge in [-0.05, 0) is 31.1 Å². The van der Waals surface area contributed by atoms with Crippen molar-refractivity contribution in [3.05, 3.63) is 0 Å². The second-order valence-corrected chi connectivity index (χ2v) is 16.8. The van der Waals surface area contributed by atoms with Crippen LogP contribution in [0.1, 0.15) is 253 Å². The first kappa shape index (κ1) is 51.4. The number of unbranched alkanes of at least 4 members (excludes halogenated alkanes) is 25. The van der Waals surface area contributed by atoms with Crippen molar-refractivity contribution < 1.29 is 28.6 Å². The molecule has 0 bridgehead atoms. The summed E-state index contributed by atoms with van der Waals surface area (Å²) in [7, 11) is 0. The molecule has 0 radical (unpaired) electrons. The molecule has 6 nitrogen and oxygen atoms in total. The van der Waals surface area contributed by atoms with Crippen molar-refractivity contribution in [1.29, 1.82) is 0 Å². The average molecular weight is 751 g/mol. The molecule has 53 heavy (non-hydrogen) atoms. The molecular formula is C47H90O6. The molecule has 2 atom stereocenters. The van der Waals surface area contributed by atoms with Crippen LogP contribution in [0.2, 0.25) is 0 Å². The van der Waals surface area contributed by atoms with E-state index in [4.69, 9.17) is 14.2 Å². The summed E-state index contributed by atoms with van der Waals surface area (Å²) in [6, 6.07) is 0. The highest BCUT2D eigenvalue weighted by Gasteiger charge is 2.19. The molecule has 0 aliphatic heterocycles. The number of hydrogen-bond donors (Lipinski definition) is 0. The number of carbonyl (C=O) groups excluding carboxylic acids is 3. The summed E-state index contributed by atoms with van der Waals surface area (Å²) in [5.41, 5.74) is 0. The zero-order valence-corrected chi connectivity index (χ0v) is 36.1. The Balaban J connectivity index is 4.32. The fourth-order valence-electron chi connectivity index (χ4n) is 6.90. The molecule has 0 saturated carbocycles. The molecule has 0 amide bonds. The number of ether oxygens (including phenoxy) is 3. The Hall–Kier alpha value is -1.59. The minimum atomic E-state index is -0.760. The monoisotopic (exact) mass is 751 g/mol. The van der Waals surface area contributed by atoms with Crippen molar-refractivity contribution in [1.82, 2.24) is 0 Å². The second kappa shape index (κ2) is 40.1. The maximum atomic E-state index is 12.7. The van der Waals surface area contributed by atoms with E-state index in [1.807, 2.05) is 0 Å². The van der Waals surface area contributed by atoms with Gasteiger partial charge in [0.05, 0.1) is 0 Å². The topological polar surface area (TPSA) is 78.9 Å². The van der Waals surface area contributed by atoms with Crippen molar-refractivity contribution in [3.63, 3.8) is 0 Å². The molecule has 0 heterocycles. The van der Waals surface area contributed by atoms with E-state index in [0.717, 1.165) is 69.6 Å². The SMILES string of the molecule is CCCCCCCCCCCCC(=O)OC[C@@H](COC(=O)CCCCCCCCC(C)CC)OC(=O)CCCCCCCCCCCCCCC(C)C. The summed E-state index contributed by atoms with van der Waals surface area (Å²) in [6.45, 7) is 11.3. The molecule has 0 saturated heterocycles. The van der Waals surface area contributed by atoms with Crippen LogP contribution < -0.4 is 0 Å². The van der Waals surface area contributed by atoms with Gasteiger partial charge in [-0.25, -0.2) is 0 Å². The van der Waals surface area contributed by atoms with E-state index in [2.05, 4.69) is 34.6 Å². The third-order valence-electron chi connectivity index (χ3n) is 10.8. The summed E-state index contributed by atoms with van der Waals surface area (Å²) in [6.07, 6.45) is 38.0. The predicted molar refractivity (Wildman–Crippen MR) is 224 cm³/mol. The van der Waals surface area contributed by atoms with Crippen molar-refractivity contribution in [2.45, 2.75) is 259 Å². The molecule has 0 fully saturated rings. The van der Waals surface area contributed by atoms with Gasteiger partial charge in [0.25, 0.3) is 0 Å². The highest BCUT2D eigenvalue weighted by atomic mass is 16.6. The Labute approximate surface area is 329 Å². The van der Waals surface area contributed by atoms with Gasteiger partial charge in [-0.1, -0.05) is 214 Å². The first-order valence-electron chi connectivity index (χ1n) is 23.3. The Bertz CT molecular complexity index is 811. The first-order chi connectivity index (χ1) is 25.8. The fraction of sp³-hybridized carbons (Fsp3) is 0.936.